The van der Waals surface area contributed by atoms with E-state index >= 15 is 0 Å². The van der Waals surface area contributed by atoms with Crippen LogP contribution in [0.15, 0.2) is 12.4 Å². The van der Waals surface area contributed by atoms with E-state index in [0.29, 0.717) is 6.04 Å². The van der Waals surface area contributed by atoms with Crippen LogP contribution >= 0.6 is 11.3 Å². The second-order valence-electron chi connectivity index (χ2n) is 5.52. The number of aromatic nitrogens is 3. The largest absolute Gasteiger partial charge is 0.309 e. The van der Waals surface area contributed by atoms with E-state index in [1.54, 1.807) is 16.8 Å². The number of thiophene rings is 1. The van der Waals surface area contributed by atoms with Crippen LogP contribution < -0.4 is 5.32 Å². The number of aryl methyl sites for hydroxylation is 3. The highest BCUT2D eigenvalue weighted by Crippen LogP contribution is 2.32. The molecule has 1 atom stereocenters. The summed E-state index contributed by atoms with van der Waals surface area (Å²) in [5, 5.41) is 10.4. The maximum absolute atomic E-state index is 4.14. The van der Waals surface area contributed by atoms with Gasteiger partial charge in [0.2, 0.25) is 0 Å². The SMILES string of the molecule is CC(NCCCc1ncn[nH]1)c1cc2c(s1)CCCC2. The van der Waals surface area contributed by atoms with Gasteiger partial charge in [-0.3, -0.25) is 5.10 Å². The van der Waals surface area contributed by atoms with Gasteiger partial charge in [0.1, 0.15) is 12.2 Å². The number of H-pyrrole nitrogens is 1. The van der Waals surface area contributed by atoms with Crippen molar-refractivity contribution in [3.8, 4) is 0 Å². The molecule has 1 unspecified atom stereocenters. The Morgan fingerprint density at radius 1 is 1.40 bits per heavy atom. The number of fused-ring (bicyclic) bond motifs is 1. The first-order valence-corrected chi connectivity index (χ1v) is 8.33. The van der Waals surface area contributed by atoms with Gasteiger partial charge in [-0.15, -0.1) is 11.3 Å². The molecule has 0 fully saturated rings. The van der Waals surface area contributed by atoms with Crippen LogP contribution in [0.2, 0.25) is 0 Å². The van der Waals surface area contributed by atoms with Gasteiger partial charge in [-0.1, -0.05) is 0 Å². The molecule has 5 heteroatoms. The highest BCUT2D eigenvalue weighted by Gasteiger charge is 2.16. The van der Waals surface area contributed by atoms with Crippen molar-refractivity contribution < 1.29 is 0 Å². The van der Waals surface area contributed by atoms with Crippen LogP contribution in [-0.4, -0.2) is 21.7 Å². The number of nitrogens with one attached hydrogen (secondary N) is 2. The minimum Gasteiger partial charge on any atom is -0.309 e. The van der Waals surface area contributed by atoms with Gasteiger partial charge in [0.05, 0.1) is 0 Å². The van der Waals surface area contributed by atoms with Crippen LogP contribution in [0.5, 0.6) is 0 Å². The molecule has 0 aromatic carbocycles. The number of hydrogen-bond donors (Lipinski definition) is 2. The molecule has 0 spiro atoms. The highest BCUT2D eigenvalue weighted by atomic mass is 32.1. The summed E-state index contributed by atoms with van der Waals surface area (Å²) < 4.78 is 0. The summed E-state index contributed by atoms with van der Waals surface area (Å²) in [7, 11) is 0. The van der Waals surface area contributed by atoms with E-state index in [0.717, 1.165) is 25.2 Å². The van der Waals surface area contributed by atoms with Crippen molar-refractivity contribution in [3.05, 3.63) is 33.5 Å². The molecular weight excluding hydrogens is 268 g/mol. The van der Waals surface area contributed by atoms with Crippen molar-refractivity contribution in [2.75, 3.05) is 6.54 Å². The monoisotopic (exact) mass is 290 g/mol. The summed E-state index contributed by atoms with van der Waals surface area (Å²) in [5.41, 5.74) is 1.60. The molecule has 2 heterocycles. The Hall–Kier alpha value is -1.20. The Morgan fingerprint density at radius 3 is 3.10 bits per heavy atom. The van der Waals surface area contributed by atoms with Crippen molar-refractivity contribution in [2.24, 2.45) is 0 Å². The number of nitrogens with zero attached hydrogens (tertiary/aromatic N) is 2. The van der Waals surface area contributed by atoms with Gasteiger partial charge in [0.15, 0.2) is 0 Å². The smallest absolute Gasteiger partial charge is 0.137 e. The maximum atomic E-state index is 4.14. The van der Waals surface area contributed by atoms with Crippen molar-refractivity contribution >= 4 is 11.3 Å². The Labute approximate surface area is 124 Å². The minimum atomic E-state index is 0.459. The lowest BCUT2D eigenvalue weighted by molar-refractivity contribution is 0.560. The maximum Gasteiger partial charge on any atom is 0.137 e. The van der Waals surface area contributed by atoms with E-state index in [1.807, 2.05) is 11.3 Å². The van der Waals surface area contributed by atoms with E-state index in [2.05, 4.69) is 33.5 Å². The summed E-state index contributed by atoms with van der Waals surface area (Å²) in [6.07, 6.45) is 8.92. The van der Waals surface area contributed by atoms with Crippen molar-refractivity contribution in [1.29, 1.82) is 0 Å². The third-order valence-electron chi connectivity index (χ3n) is 3.95. The van der Waals surface area contributed by atoms with Gasteiger partial charge in [-0.25, -0.2) is 4.98 Å². The molecule has 2 N–H and O–H groups in total. The van der Waals surface area contributed by atoms with Crippen LogP contribution in [0.3, 0.4) is 0 Å². The lowest BCUT2D eigenvalue weighted by atomic mass is 9.99. The average Bonchev–Trinajstić information content (AvgIpc) is 3.12. The Kier molecular flexibility index (Phi) is 4.47. The lowest BCUT2D eigenvalue weighted by Crippen LogP contribution is -2.19. The quantitative estimate of drug-likeness (QED) is 0.804. The topological polar surface area (TPSA) is 53.6 Å². The van der Waals surface area contributed by atoms with Crippen molar-refractivity contribution in [2.45, 2.75) is 51.5 Å². The summed E-state index contributed by atoms with van der Waals surface area (Å²) in [6.45, 7) is 3.29. The van der Waals surface area contributed by atoms with Gasteiger partial charge in [-0.05, 0) is 57.2 Å². The molecule has 3 rings (SSSR count). The highest BCUT2D eigenvalue weighted by molar-refractivity contribution is 7.12. The molecular formula is C15H22N4S. The van der Waals surface area contributed by atoms with E-state index in [1.165, 1.54) is 30.6 Å². The molecule has 0 saturated heterocycles. The van der Waals surface area contributed by atoms with Gasteiger partial charge in [0, 0.05) is 22.2 Å². The Morgan fingerprint density at radius 2 is 2.30 bits per heavy atom. The predicted molar refractivity (Wildman–Crippen MR) is 82.1 cm³/mol. The zero-order valence-corrected chi connectivity index (χ0v) is 12.8. The number of rotatable bonds is 6. The van der Waals surface area contributed by atoms with Crippen LogP contribution in [0.1, 0.15) is 53.4 Å². The molecule has 2 aromatic rings. The van der Waals surface area contributed by atoms with Crippen molar-refractivity contribution in [3.63, 3.8) is 0 Å². The summed E-state index contributed by atoms with van der Waals surface area (Å²) in [6, 6.07) is 2.88. The first-order chi connectivity index (χ1) is 9.83. The van der Waals surface area contributed by atoms with E-state index in [-0.39, 0.29) is 0 Å². The molecule has 20 heavy (non-hydrogen) atoms. The standard InChI is InChI=1S/C15H22N4S/c1-11(16-8-4-7-15-17-10-18-19-15)14-9-12-5-2-3-6-13(12)20-14/h9-11,16H,2-8H2,1H3,(H,17,18,19). The number of aromatic amines is 1. The fourth-order valence-electron chi connectivity index (χ4n) is 2.75. The predicted octanol–water partition coefficient (Wildman–Crippen LogP) is 3.03. The Bertz CT molecular complexity index is 509. The second kappa shape index (κ2) is 6.50. The van der Waals surface area contributed by atoms with Crippen LogP contribution in [0.4, 0.5) is 0 Å². The number of hydrogen-bond acceptors (Lipinski definition) is 4. The normalized spacial score (nSPS) is 16.1. The molecule has 0 amide bonds. The second-order valence-corrected chi connectivity index (χ2v) is 6.68. The minimum absolute atomic E-state index is 0.459. The van der Waals surface area contributed by atoms with E-state index in [4.69, 9.17) is 0 Å². The molecule has 0 saturated carbocycles. The zero-order valence-electron chi connectivity index (χ0n) is 12.0. The summed E-state index contributed by atoms with van der Waals surface area (Å²) in [4.78, 5) is 7.27. The molecule has 108 valence electrons. The summed E-state index contributed by atoms with van der Waals surface area (Å²) >= 11 is 2.01. The molecule has 1 aliphatic carbocycles. The first kappa shape index (κ1) is 13.8. The zero-order chi connectivity index (χ0) is 13.8. The fourth-order valence-corrected chi connectivity index (χ4v) is 4.04. The molecule has 0 radical (unpaired) electrons. The lowest BCUT2D eigenvalue weighted by Gasteiger charge is -2.11. The van der Waals surface area contributed by atoms with Gasteiger partial charge < -0.3 is 5.32 Å². The van der Waals surface area contributed by atoms with Crippen molar-refractivity contribution in [1.82, 2.24) is 20.5 Å². The van der Waals surface area contributed by atoms with Gasteiger partial charge in [0.25, 0.3) is 0 Å². The fraction of sp³-hybridized carbons (Fsp3) is 0.600. The Balaban J connectivity index is 1.46. The molecule has 0 bridgehead atoms. The van der Waals surface area contributed by atoms with Crippen LogP contribution in [0.25, 0.3) is 0 Å². The average molecular weight is 290 g/mol. The molecule has 1 aliphatic rings. The third-order valence-corrected chi connectivity index (χ3v) is 5.37. The summed E-state index contributed by atoms with van der Waals surface area (Å²) in [5.74, 6) is 0.978. The van der Waals surface area contributed by atoms with E-state index < -0.39 is 0 Å². The third kappa shape index (κ3) is 3.27. The first-order valence-electron chi connectivity index (χ1n) is 7.52. The molecule has 0 aliphatic heterocycles. The van der Waals surface area contributed by atoms with E-state index in [9.17, 15) is 0 Å². The van der Waals surface area contributed by atoms with Gasteiger partial charge >= 0.3 is 0 Å². The van der Waals surface area contributed by atoms with Gasteiger partial charge in [-0.2, -0.15) is 5.10 Å². The molecule has 2 aromatic heterocycles. The van der Waals surface area contributed by atoms with Crippen LogP contribution in [0, 0.1) is 0 Å². The van der Waals surface area contributed by atoms with Crippen LogP contribution in [-0.2, 0) is 19.3 Å². The molecule has 4 nitrogen and oxygen atoms in total.